The molecule has 0 atom stereocenters. The van der Waals surface area contributed by atoms with Crippen LogP contribution in [-0.4, -0.2) is 12.5 Å². The Labute approximate surface area is 87.9 Å². The first-order valence-corrected chi connectivity index (χ1v) is 4.69. The lowest BCUT2D eigenvalue weighted by Crippen LogP contribution is -2.21. The van der Waals surface area contributed by atoms with Gasteiger partial charge in [0.2, 0.25) is 5.91 Å². The fraction of sp³-hybridized carbons (Fsp3) is 0.0833. The van der Waals surface area contributed by atoms with Crippen molar-refractivity contribution < 1.29 is 4.79 Å². The van der Waals surface area contributed by atoms with Crippen molar-refractivity contribution in [1.82, 2.24) is 0 Å². The summed E-state index contributed by atoms with van der Waals surface area (Å²) >= 11 is 0. The summed E-state index contributed by atoms with van der Waals surface area (Å²) in [6.45, 7) is 0.000600. The van der Waals surface area contributed by atoms with Gasteiger partial charge in [-0.15, -0.1) is 0 Å². The predicted molar refractivity (Wildman–Crippen MR) is 60.5 cm³/mol. The van der Waals surface area contributed by atoms with Crippen LogP contribution in [0.1, 0.15) is 0 Å². The minimum absolute atomic E-state index is 0.000600. The summed E-state index contributed by atoms with van der Waals surface area (Å²) < 4.78 is 0. The molecule has 1 radical (unpaired) electrons. The lowest BCUT2D eigenvalue weighted by atomic mass is 10.1. The Hall–Kier alpha value is -1.87. The number of carbonyl (C=O) groups excluding carboxylic acids is 1. The quantitative estimate of drug-likeness (QED) is 0.770. The zero-order chi connectivity index (χ0) is 10.7. The van der Waals surface area contributed by atoms with E-state index < -0.39 is 0 Å². The minimum atomic E-state index is -0.183. The molecule has 0 saturated heterocycles. The van der Waals surface area contributed by atoms with Crippen molar-refractivity contribution in [2.75, 3.05) is 11.9 Å². The number of hydrogen-bond donors (Lipinski definition) is 2. The van der Waals surface area contributed by atoms with Gasteiger partial charge < -0.3 is 11.1 Å². The molecular formula is C12H11N2O. The van der Waals surface area contributed by atoms with Crippen molar-refractivity contribution in [3.8, 4) is 0 Å². The van der Waals surface area contributed by atoms with Crippen LogP contribution < -0.4 is 11.1 Å². The second-order valence-electron chi connectivity index (χ2n) is 3.24. The van der Waals surface area contributed by atoms with Crippen molar-refractivity contribution in [3.05, 3.63) is 42.5 Å². The Bertz CT molecular complexity index is 494. The van der Waals surface area contributed by atoms with Crippen molar-refractivity contribution >= 4 is 22.4 Å². The third-order valence-corrected chi connectivity index (χ3v) is 2.15. The van der Waals surface area contributed by atoms with Crippen LogP contribution in [0.5, 0.6) is 0 Å². The van der Waals surface area contributed by atoms with Gasteiger partial charge in [0.05, 0.1) is 6.54 Å². The van der Waals surface area contributed by atoms with Gasteiger partial charge in [-0.2, -0.15) is 0 Å². The summed E-state index contributed by atoms with van der Waals surface area (Å²) in [6, 6.07) is 14.4. The molecule has 1 amide bonds. The van der Waals surface area contributed by atoms with Crippen LogP contribution in [0.4, 0.5) is 5.69 Å². The van der Waals surface area contributed by atoms with Gasteiger partial charge in [0.25, 0.3) is 0 Å². The van der Waals surface area contributed by atoms with E-state index in [0.717, 1.165) is 16.5 Å². The van der Waals surface area contributed by atoms with Crippen LogP contribution in [0.2, 0.25) is 0 Å². The number of nitrogens with one attached hydrogen (secondary N) is 1. The Balaban J connectivity index is 2.34. The number of carbonyl (C=O) groups is 1. The smallest absolute Gasteiger partial charge is 0.238 e. The molecule has 3 heteroatoms. The number of hydrogen-bond acceptors (Lipinski definition) is 2. The maximum Gasteiger partial charge on any atom is 0.238 e. The second-order valence-corrected chi connectivity index (χ2v) is 3.24. The van der Waals surface area contributed by atoms with Gasteiger partial charge >= 0.3 is 0 Å². The van der Waals surface area contributed by atoms with Gasteiger partial charge in [-0.1, -0.05) is 18.2 Å². The van der Waals surface area contributed by atoms with E-state index in [9.17, 15) is 4.79 Å². The average molecular weight is 199 g/mol. The summed E-state index contributed by atoms with van der Waals surface area (Å²) in [6.07, 6.45) is 0. The first-order valence-electron chi connectivity index (χ1n) is 4.69. The monoisotopic (exact) mass is 199 g/mol. The highest BCUT2D eigenvalue weighted by Gasteiger charge is 1.99. The number of fused-ring (bicyclic) bond motifs is 1. The second kappa shape index (κ2) is 4.11. The molecule has 0 spiro atoms. The SMILES string of the molecule is NCC(=O)Nc1ccc2c[c]ccc2c1. The molecule has 0 aromatic heterocycles. The number of rotatable bonds is 2. The first-order chi connectivity index (χ1) is 7.29. The largest absolute Gasteiger partial charge is 0.325 e. The van der Waals surface area contributed by atoms with Crippen LogP contribution in [0.3, 0.4) is 0 Å². The van der Waals surface area contributed by atoms with E-state index in [1.54, 1.807) is 0 Å². The third kappa shape index (κ3) is 2.14. The molecule has 0 bridgehead atoms. The molecule has 3 nitrogen and oxygen atoms in total. The van der Waals surface area contributed by atoms with E-state index in [-0.39, 0.29) is 12.5 Å². The molecule has 0 aliphatic heterocycles. The summed E-state index contributed by atoms with van der Waals surface area (Å²) in [5.74, 6) is -0.183. The number of benzene rings is 2. The molecule has 75 valence electrons. The zero-order valence-corrected chi connectivity index (χ0v) is 8.16. The molecule has 2 aromatic rings. The van der Waals surface area contributed by atoms with E-state index in [1.807, 2.05) is 36.4 Å². The third-order valence-electron chi connectivity index (χ3n) is 2.15. The molecule has 0 saturated carbocycles. The number of nitrogens with two attached hydrogens (primary N) is 1. The first kappa shape index (κ1) is 9.68. The predicted octanol–water partition coefficient (Wildman–Crippen LogP) is 1.54. The summed E-state index contributed by atoms with van der Waals surface area (Å²) in [5.41, 5.74) is 5.98. The molecule has 3 N–H and O–H groups in total. The zero-order valence-electron chi connectivity index (χ0n) is 8.16. The highest BCUT2D eigenvalue weighted by molar-refractivity contribution is 5.95. The Morgan fingerprint density at radius 1 is 1.33 bits per heavy atom. The van der Waals surface area contributed by atoms with Crippen LogP contribution in [-0.2, 0) is 4.79 Å². The molecular weight excluding hydrogens is 188 g/mol. The highest BCUT2D eigenvalue weighted by Crippen LogP contribution is 2.18. The standard InChI is InChI=1S/C12H11N2O/c13-8-12(15)14-11-6-5-9-3-1-2-4-10(9)7-11/h2-7H,8,13H2,(H,14,15). The van der Waals surface area contributed by atoms with Gasteiger partial charge in [0, 0.05) is 5.69 Å². The van der Waals surface area contributed by atoms with Crippen LogP contribution in [0.25, 0.3) is 10.8 Å². The molecule has 2 rings (SSSR count). The Morgan fingerprint density at radius 2 is 2.20 bits per heavy atom. The summed E-state index contributed by atoms with van der Waals surface area (Å²) in [4.78, 5) is 11.1. The fourth-order valence-corrected chi connectivity index (χ4v) is 1.42. The van der Waals surface area contributed by atoms with E-state index in [4.69, 9.17) is 5.73 Å². The minimum Gasteiger partial charge on any atom is -0.325 e. The van der Waals surface area contributed by atoms with Gasteiger partial charge in [-0.05, 0) is 35.0 Å². The Morgan fingerprint density at radius 3 is 3.00 bits per heavy atom. The van der Waals surface area contributed by atoms with Crippen molar-refractivity contribution in [2.45, 2.75) is 0 Å². The molecule has 0 aliphatic carbocycles. The van der Waals surface area contributed by atoms with E-state index in [2.05, 4.69) is 11.4 Å². The fourth-order valence-electron chi connectivity index (χ4n) is 1.42. The summed E-state index contributed by atoms with van der Waals surface area (Å²) in [7, 11) is 0. The normalized spacial score (nSPS) is 10.2. The molecule has 2 aromatic carbocycles. The summed E-state index contributed by atoms with van der Waals surface area (Å²) in [5, 5.41) is 4.88. The van der Waals surface area contributed by atoms with Crippen LogP contribution in [0, 0.1) is 6.07 Å². The maximum absolute atomic E-state index is 11.1. The molecule has 15 heavy (non-hydrogen) atoms. The van der Waals surface area contributed by atoms with Crippen LogP contribution >= 0.6 is 0 Å². The lowest BCUT2D eigenvalue weighted by Gasteiger charge is -2.04. The average Bonchev–Trinajstić information content (AvgIpc) is 2.29. The topological polar surface area (TPSA) is 55.1 Å². The van der Waals surface area contributed by atoms with Crippen molar-refractivity contribution in [2.24, 2.45) is 5.73 Å². The number of anilines is 1. The van der Waals surface area contributed by atoms with Crippen molar-refractivity contribution in [3.63, 3.8) is 0 Å². The molecule has 0 fully saturated rings. The van der Waals surface area contributed by atoms with E-state index >= 15 is 0 Å². The maximum atomic E-state index is 11.1. The molecule has 0 heterocycles. The number of amides is 1. The van der Waals surface area contributed by atoms with E-state index in [0.29, 0.717) is 0 Å². The van der Waals surface area contributed by atoms with Gasteiger partial charge in [-0.25, -0.2) is 0 Å². The van der Waals surface area contributed by atoms with Gasteiger partial charge in [0.1, 0.15) is 0 Å². The molecule has 0 aliphatic rings. The highest BCUT2D eigenvalue weighted by atomic mass is 16.1. The van der Waals surface area contributed by atoms with Crippen LogP contribution in [0.15, 0.2) is 36.4 Å². The van der Waals surface area contributed by atoms with Gasteiger partial charge in [-0.3, -0.25) is 4.79 Å². The van der Waals surface area contributed by atoms with Gasteiger partial charge in [0.15, 0.2) is 0 Å². The van der Waals surface area contributed by atoms with E-state index in [1.165, 1.54) is 0 Å². The molecule has 0 unspecified atom stereocenters. The Kier molecular flexibility index (Phi) is 2.65. The van der Waals surface area contributed by atoms with Crippen molar-refractivity contribution in [1.29, 1.82) is 0 Å². The lowest BCUT2D eigenvalue weighted by molar-refractivity contribution is -0.114.